The number of ether oxygens (including phenoxy) is 1. The van der Waals surface area contributed by atoms with Crippen LogP contribution in [0.4, 0.5) is 0 Å². The smallest absolute Gasteiger partial charge is 0.124 e. The molecule has 1 aliphatic heterocycles. The summed E-state index contributed by atoms with van der Waals surface area (Å²) in [6, 6.07) is 8.79. The van der Waals surface area contributed by atoms with E-state index in [-0.39, 0.29) is 0 Å². The van der Waals surface area contributed by atoms with Gasteiger partial charge in [-0.25, -0.2) is 0 Å². The van der Waals surface area contributed by atoms with Gasteiger partial charge in [-0.05, 0) is 25.3 Å². The van der Waals surface area contributed by atoms with Gasteiger partial charge in [0, 0.05) is 5.56 Å². The van der Waals surface area contributed by atoms with Crippen LogP contribution >= 0.6 is 11.8 Å². The van der Waals surface area contributed by atoms with E-state index in [2.05, 4.69) is 36.7 Å². The van der Waals surface area contributed by atoms with Crippen LogP contribution in [0, 0.1) is 0 Å². The van der Waals surface area contributed by atoms with Gasteiger partial charge in [0.05, 0.1) is 11.3 Å². The van der Waals surface area contributed by atoms with E-state index in [4.69, 9.17) is 4.74 Å². The molecule has 0 bridgehead atoms. The van der Waals surface area contributed by atoms with Gasteiger partial charge in [0.15, 0.2) is 0 Å². The summed E-state index contributed by atoms with van der Waals surface area (Å²) in [7, 11) is 0. The highest BCUT2D eigenvalue weighted by Gasteiger charge is 2.29. The Kier molecular flexibility index (Phi) is 4.13. The lowest BCUT2D eigenvalue weighted by Crippen LogP contribution is -2.37. The standard InChI is InChI=1S/C13H19NOS/c1-3-8-14-13-10-6-4-5-7-11(10)15-9-12(13)16-2/h4-7,12-14H,3,8-9H2,1-2H3. The predicted octanol–water partition coefficient (Wildman–Crippen LogP) is 2.85. The first-order valence-corrected chi connectivity index (χ1v) is 7.13. The summed E-state index contributed by atoms with van der Waals surface area (Å²) in [5.74, 6) is 1.04. The summed E-state index contributed by atoms with van der Waals surface area (Å²) >= 11 is 1.88. The molecule has 2 nitrogen and oxygen atoms in total. The number of fused-ring (bicyclic) bond motifs is 1. The minimum atomic E-state index is 0.430. The number of hydrogen-bond acceptors (Lipinski definition) is 3. The topological polar surface area (TPSA) is 21.3 Å². The highest BCUT2D eigenvalue weighted by atomic mass is 32.2. The molecule has 0 saturated heterocycles. The van der Waals surface area contributed by atoms with Crippen molar-refractivity contribution in [3.8, 4) is 5.75 Å². The Morgan fingerprint density at radius 1 is 1.44 bits per heavy atom. The van der Waals surface area contributed by atoms with Crippen molar-refractivity contribution in [2.75, 3.05) is 19.4 Å². The van der Waals surface area contributed by atoms with E-state index in [1.165, 1.54) is 12.0 Å². The summed E-state index contributed by atoms with van der Waals surface area (Å²) in [4.78, 5) is 0. The van der Waals surface area contributed by atoms with Gasteiger partial charge in [-0.3, -0.25) is 0 Å². The van der Waals surface area contributed by atoms with Crippen LogP contribution in [0.25, 0.3) is 0 Å². The van der Waals surface area contributed by atoms with E-state index >= 15 is 0 Å². The van der Waals surface area contributed by atoms with Crippen molar-refractivity contribution in [2.45, 2.75) is 24.6 Å². The van der Waals surface area contributed by atoms with E-state index in [1.54, 1.807) is 0 Å². The highest BCUT2D eigenvalue weighted by molar-refractivity contribution is 7.99. The molecule has 0 aromatic heterocycles. The van der Waals surface area contributed by atoms with Crippen molar-refractivity contribution in [3.63, 3.8) is 0 Å². The molecule has 16 heavy (non-hydrogen) atoms. The maximum atomic E-state index is 5.78. The highest BCUT2D eigenvalue weighted by Crippen LogP contribution is 2.36. The van der Waals surface area contributed by atoms with Gasteiger partial charge in [-0.1, -0.05) is 25.1 Å². The van der Waals surface area contributed by atoms with Crippen LogP contribution < -0.4 is 10.1 Å². The van der Waals surface area contributed by atoms with Gasteiger partial charge in [0.1, 0.15) is 12.4 Å². The monoisotopic (exact) mass is 237 g/mol. The van der Waals surface area contributed by atoms with Gasteiger partial charge < -0.3 is 10.1 Å². The third kappa shape index (κ3) is 2.36. The number of nitrogens with one attached hydrogen (secondary N) is 1. The summed E-state index contributed by atoms with van der Waals surface area (Å²) in [6.45, 7) is 4.07. The van der Waals surface area contributed by atoms with Gasteiger partial charge in [0.25, 0.3) is 0 Å². The van der Waals surface area contributed by atoms with Crippen LogP contribution in [0.3, 0.4) is 0 Å². The predicted molar refractivity (Wildman–Crippen MR) is 70.3 cm³/mol. The first kappa shape index (κ1) is 11.8. The fourth-order valence-electron chi connectivity index (χ4n) is 2.08. The molecule has 0 aliphatic carbocycles. The van der Waals surface area contributed by atoms with Gasteiger partial charge >= 0.3 is 0 Å². The largest absolute Gasteiger partial charge is 0.492 e. The Hall–Kier alpha value is -0.670. The molecular weight excluding hydrogens is 218 g/mol. The molecule has 1 aromatic rings. The first-order chi connectivity index (χ1) is 7.86. The lowest BCUT2D eigenvalue weighted by molar-refractivity contribution is 0.261. The van der Waals surface area contributed by atoms with Crippen molar-refractivity contribution in [1.29, 1.82) is 0 Å². The molecule has 2 unspecified atom stereocenters. The SMILES string of the molecule is CCCNC1c2ccccc2OCC1SC. The molecule has 0 saturated carbocycles. The van der Waals surface area contributed by atoms with Gasteiger partial charge in [-0.15, -0.1) is 0 Å². The molecule has 3 heteroatoms. The third-order valence-electron chi connectivity index (χ3n) is 2.95. The molecule has 1 aromatic carbocycles. The van der Waals surface area contributed by atoms with Crippen LogP contribution in [0.1, 0.15) is 24.9 Å². The van der Waals surface area contributed by atoms with E-state index in [0.29, 0.717) is 11.3 Å². The van der Waals surface area contributed by atoms with E-state index in [9.17, 15) is 0 Å². The normalized spacial score (nSPS) is 23.6. The zero-order valence-corrected chi connectivity index (χ0v) is 10.7. The number of thioether (sulfide) groups is 1. The van der Waals surface area contributed by atoms with Crippen LogP contribution in [0.5, 0.6) is 5.75 Å². The zero-order valence-electron chi connectivity index (χ0n) is 9.90. The van der Waals surface area contributed by atoms with Crippen LogP contribution in [-0.4, -0.2) is 24.7 Å². The Labute approximate surface area is 102 Å². The second-order valence-corrected chi connectivity index (χ2v) is 5.13. The van der Waals surface area contributed by atoms with Crippen molar-refractivity contribution in [1.82, 2.24) is 5.32 Å². The van der Waals surface area contributed by atoms with Gasteiger partial charge in [0.2, 0.25) is 0 Å². The first-order valence-electron chi connectivity index (χ1n) is 5.84. The quantitative estimate of drug-likeness (QED) is 0.870. The van der Waals surface area contributed by atoms with E-state index < -0.39 is 0 Å². The molecule has 1 heterocycles. The number of benzene rings is 1. The molecule has 1 aliphatic rings. The maximum Gasteiger partial charge on any atom is 0.124 e. The Balaban J connectivity index is 2.22. The average Bonchev–Trinajstić information content (AvgIpc) is 2.35. The van der Waals surface area contributed by atoms with Crippen molar-refractivity contribution in [2.24, 2.45) is 0 Å². The second kappa shape index (κ2) is 5.60. The summed E-state index contributed by atoms with van der Waals surface area (Å²) in [5, 5.41) is 4.14. The minimum absolute atomic E-state index is 0.430. The molecule has 0 fully saturated rings. The lowest BCUT2D eigenvalue weighted by Gasteiger charge is -2.33. The summed E-state index contributed by atoms with van der Waals surface area (Å²) in [5.41, 5.74) is 1.31. The fraction of sp³-hybridized carbons (Fsp3) is 0.538. The zero-order chi connectivity index (χ0) is 11.4. The second-order valence-electron chi connectivity index (χ2n) is 4.05. The van der Waals surface area contributed by atoms with Crippen molar-refractivity contribution < 1.29 is 4.74 Å². The molecule has 2 atom stereocenters. The number of para-hydroxylation sites is 1. The fourth-order valence-corrected chi connectivity index (χ4v) is 2.80. The molecular formula is C13H19NOS. The summed E-state index contributed by atoms with van der Waals surface area (Å²) in [6.07, 6.45) is 3.32. The van der Waals surface area contributed by atoms with Gasteiger partial charge in [-0.2, -0.15) is 11.8 Å². The molecule has 2 rings (SSSR count). The number of hydrogen-bond donors (Lipinski definition) is 1. The van der Waals surface area contributed by atoms with Crippen LogP contribution in [0.2, 0.25) is 0 Å². The Bertz CT molecular complexity index is 342. The van der Waals surface area contributed by atoms with E-state index in [1.807, 2.05) is 17.8 Å². The minimum Gasteiger partial charge on any atom is -0.492 e. The van der Waals surface area contributed by atoms with Crippen LogP contribution in [0.15, 0.2) is 24.3 Å². The van der Waals surface area contributed by atoms with Crippen LogP contribution in [-0.2, 0) is 0 Å². The Morgan fingerprint density at radius 3 is 3.00 bits per heavy atom. The van der Waals surface area contributed by atoms with E-state index in [0.717, 1.165) is 18.9 Å². The number of rotatable bonds is 4. The molecule has 1 N–H and O–H groups in total. The maximum absolute atomic E-state index is 5.78. The summed E-state index contributed by atoms with van der Waals surface area (Å²) < 4.78 is 5.78. The Morgan fingerprint density at radius 2 is 2.25 bits per heavy atom. The molecule has 0 spiro atoms. The molecule has 0 amide bonds. The molecule has 88 valence electrons. The average molecular weight is 237 g/mol. The lowest BCUT2D eigenvalue weighted by atomic mass is 10.00. The van der Waals surface area contributed by atoms with Crippen molar-refractivity contribution >= 4 is 11.8 Å². The third-order valence-corrected chi connectivity index (χ3v) is 3.96. The molecule has 0 radical (unpaired) electrons. The van der Waals surface area contributed by atoms with Crippen molar-refractivity contribution in [3.05, 3.63) is 29.8 Å².